The van der Waals surface area contributed by atoms with Crippen molar-refractivity contribution < 1.29 is 13.3 Å². The molecule has 0 rings (SSSR count). The van der Waals surface area contributed by atoms with Crippen molar-refractivity contribution in [3.63, 3.8) is 0 Å². The largest absolute Gasteiger partial charge is 0.500 e. The quantitative estimate of drug-likeness (QED) is 0.517. The molecule has 0 radical (unpaired) electrons. The molecule has 6 nitrogen and oxygen atoms in total. The van der Waals surface area contributed by atoms with E-state index in [0.717, 1.165) is 25.7 Å². The van der Waals surface area contributed by atoms with Crippen LogP contribution in [0, 0.1) is 5.41 Å². The van der Waals surface area contributed by atoms with E-state index in [0.29, 0.717) is 0 Å². The lowest BCUT2D eigenvalue weighted by Crippen LogP contribution is -2.56. The average molecular weight is 322 g/mol. The van der Waals surface area contributed by atoms with Crippen LogP contribution in [-0.2, 0) is 13.3 Å². The Kier molecular flexibility index (Phi) is 9.18. The van der Waals surface area contributed by atoms with Gasteiger partial charge in [-0.3, -0.25) is 0 Å². The first-order valence-corrected chi connectivity index (χ1v) is 9.17. The van der Waals surface area contributed by atoms with Gasteiger partial charge < -0.3 is 28.0 Å². The average Bonchev–Trinajstić information content (AvgIpc) is 2.33. The molecule has 0 N–H and O–H groups in total. The van der Waals surface area contributed by atoms with Gasteiger partial charge in [-0.25, -0.2) is 0 Å². The Morgan fingerprint density at radius 3 is 1.14 bits per heavy atom. The van der Waals surface area contributed by atoms with E-state index in [1.165, 1.54) is 0 Å². The molecule has 0 aromatic carbocycles. The minimum Gasteiger partial charge on any atom is -0.377 e. The van der Waals surface area contributed by atoms with Gasteiger partial charge in [0.2, 0.25) is 0 Å². The first kappa shape index (κ1) is 21.0. The molecule has 0 saturated heterocycles. The third-order valence-corrected chi connectivity index (χ3v) is 6.53. The highest BCUT2D eigenvalue weighted by atomic mass is 28.4. The molecule has 0 aromatic rings. The maximum atomic E-state index is 5.68. The summed E-state index contributed by atoms with van der Waals surface area (Å²) in [5, 5.41) is 0. The van der Waals surface area contributed by atoms with Crippen LogP contribution in [0.15, 0.2) is 0 Å². The molecular weight excluding hydrogens is 286 g/mol. The zero-order valence-electron chi connectivity index (χ0n) is 15.4. The Hall–Kier alpha value is -0.0231. The van der Waals surface area contributed by atoms with Crippen LogP contribution in [0.5, 0.6) is 0 Å². The molecule has 0 unspecified atom stereocenters. The lowest BCUT2D eigenvalue weighted by molar-refractivity contribution is 0.0707. The van der Waals surface area contributed by atoms with Crippen molar-refractivity contribution in [3.8, 4) is 0 Å². The number of hydrogen-bond donors (Lipinski definition) is 0. The molecule has 21 heavy (non-hydrogen) atoms. The molecule has 0 aromatic heterocycles. The zero-order chi connectivity index (χ0) is 16.7. The van der Waals surface area contributed by atoms with E-state index in [4.69, 9.17) is 13.3 Å². The van der Waals surface area contributed by atoms with E-state index in [9.17, 15) is 0 Å². The number of nitrogens with zero attached hydrogens (tertiary/aromatic N) is 3. The number of rotatable bonds is 11. The van der Waals surface area contributed by atoms with Crippen LogP contribution >= 0.6 is 0 Å². The summed E-state index contributed by atoms with van der Waals surface area (Å²) in [5.41, 5.74) is 0.0186. The molecule has 128 valence electrons. The van der Waals surface area contributed by atoms with Crippen molar-refractivity contribution in [3.05, 3.63) is 0 Å². The molecule has 0 fully saturated rings. The Morgan fingerprint density at radius 2 is 0.952 bits per heavy atom. The minimum atomic E-state index is -2.63. The van der Waals surface area contributed by atoms with Crippen molar-refractivity contribution in [2.24, 2.45) is 5.41 Å². The first-order chi connectivity index (χ1) is 9.64. The van der Waals surface area contributed by atoms with Crippen molar-refractivity contribution in [2.45, 2.75) is 6.04 Å². The van der Waals surface area contributed by atoms with Gasteiger partial charge in [0.05, 0.1) is 0 Å². The highest BCUT2D eigenvalue weighted by molar-refractivity contribution is 6.60. The Morgan fingerprint density at radius 1 is 0.667 bits per heavy atom. The Balaban J connectivity index is 5.49. The third kappa shape index (κ3) is 7.18. The van der Waals surface area contributed by atoms with E-state index in [2.05, 4.69) is 57.0 Å². The molecule has 0 aliphatic carbocycles. The van der Waals surface area contributed by atoms with Crippen LogP contribution in [0.1, 0.15) is 0 Å². The van der Waals surface area contributed by atoms with Crippen LogP contribution in [0.4, 0.5) is 0 Å². The summed E-state index contributed by atoms with van der Waals surface area (Å²) < 4.78 is 17.0. The normalized spacial score (nSPS) is 13.7. The summed E-state index contributed by atoms with van der Waals surface area (Å²) in [6.45, 7) is 2.86. The molecule has 0 atom stereocenters. The van der Waals surface area contributed by atoms with Crippen LogP contribution in [0.25, 0.3) is 0 Å². The highest BCUT2D eigenvalue weighted by Gasteiger charge is 2.48. The van der Waals surface area contributed by atoms with Crippen molar-refractivity contribution in [1.29, 1.82) is 0 Å². The SMILES string of the molecule is CO[Si](CC(CN(C)C)(CN(C)C)CN(C)C)(OC)OC. The van der Waals surface area contributed by atoms with Crippen molar-refractivity contribution in [2.75, 3.05) is 83.2 Å². The van der Waals surface area contributed by atoms with E-state index in [-0.39, 0.29) is 5.41 Å². The van der Waals surface area contributed by atoms with Crippen LogP contribution in [-0.4, -0.2) is 107 Å². The summed E-state index contributed by atoms with van der Waals surface area (Å²) in [6, 6.07) is 0.790. The van der Waals surface area contributed by atoms with Crippen LogP contribution < -0.4 is 0 Å². The fourth-order valence-electron chi connectivity index (χ4n) is 3.26. The molecule has 0 amide bonds. The van der Waals surface area contributed by atoms with Gasteiger partial charge in [-0.05, 0) is 42.3 Å². The van der Waals surface area contributed by atoms with Gasteiger partial charge in [-0.15, -0.1) is 0 Å². The molecule has 7 heteroatoms. The van der Waals surface area contributed by atoms with Gasteiger partial charge in [0.1, 0.15) is 0 Å². The van der Waals surface area contributed by atoms with E-state index in [1.54, 1.807) is 21.3 Å². The maximum absolute atomic E-state index is 5.68. The van der Waals surface area contributed by atoms with E-state index in [1.807, 2.05) is 0 Å². The standard InChI is InChI=1S/C14H35N3O3Si/c1-15(2)10-14(11-16(3)4,12-17(5)6)13-21(18-7,19-8)20-9/h10-13H2,1-9H3. The zero-order valence-corrected chi connectivity index (χ0v) is 16.4. The van der Waals surface area contributed by atoms with Gasteiger partial charge in [-0.2, -0.15) is 0 Å². The lowest BCUT2D eigenvalue weighted by atomic mass is 9.88. The summed E-state index contributed by atoms with van der Waals surface area (Å²) in [7, 11) is 15.1. The van der Waals surface area contributed by atoms with Crippen LogP contribution in [0.3, 0.4) is 0 Å². The van der Waals surface area contributed by atoms with Crippen molar-refractivity contribution in [1.82, 2.24) is 14.7 Å². The second-order valence-corrected chi connectivity index (χ2v) is 9.63. The summed E-state index contributed by atoms with van der Waals surface area (Å²) in [6.07, 6.45) is 0. The fraction of sp³-hybridized carbons (Fsp3) is 1.00. The minimum absolute atomic E-state index is 0.0186. The second-order valence-electron chi connectivity index (χ2n) is 6.69. The predicted octanol–water partition coefficient (Wildman–Crippen LogP) is 0.536. The van der Waals surface area contributed by atoms with Gasteiger partial charge in [0.25, 0.3) is 0 Å². The van der Waals surface area contributed by atoms with Gasteiger partial charge in [-0.1, -0.05) is 0 Å². The molecule has 0 saturated carbocycles. The fourth-order valence-corrected chi connectivity index (χ4v) is 5.44. The Labute approximate surface area is 132 Å². The van der Waals surface area contributed by atoms with Crippen LogP contribution in [0.2, 0.25) is 6.04 Å². The molecule has 0 heterocycles. The smallest absolute Gasteiger partial charge is 0.377 e. The lowest BCUT2D eigenvalue weighted by Gasteiger charge is -2.43. The number of hydrogen-bond acceptors (Lipinski definition) is 6. The summed E-state index contributed by atoms with van der Waals surface area (Å²) in [4.78, 5) is 6.69. The maximum Gasteiger partial charge on any atom is 0.500 e. The van der Waals surface area contributed by atoms with E-state index < -0.39 is 8.80 Å². The molecule has 0 spiro atoms. The topological polar surface area (TPSA) is 37.4 Å². The highest BCUT2D eigenvalue weighted by Crippen LogP contribution is 2.32. The molecular formula is C14H35N3O3Si. The molecule has 0 bridgehead atoms. The monoisotopic (exact) mass is 321 g/mol. The Bertz CT molecular complexity index is 250. The third-order valence-electron chi connectivity index (χ3n) is 3.48. The molecule has 0 aliphatic rings. The summed E-state index contributed by atoms with van der Waals surface area (Å²) >= 11 is 0. The van der Waals surface area contributed by atoms with Crippen molar-refractivity contribution >= 4 is 8.80 Å². The molecule has 0 aliphatic heterocycles. The second kappa shape index (κ2) is 9.19. The van der Waals surface area contributed by atoms with Gasteiger partial charge >= 0.3 is 8.80 Å². The van der Waals surface area contributed by atoms with Gasteiger partial charge in [0, 0.05) is 52.4 Å². The first-order valence-electron chi connectivity index (χ1n) is 7.24. The van der Waals surface area contributed by atoms with Gasteiger partial charge in [0.15, 0.2) is 0 Å². The predicted molar refractivity (Wildman–Crippen MR) is 89.7 cm³/mol. The van der Waals surface area contributed by atoms with E-state index >= 15 is 0 Å². The summed E-state index contributed by atoms with van der Waals surface area (Å²) in [5.74, 6) is 0.